The van der Waals surface area contributed by atoms with Crippen LogP contribution >= 0.6 is 0 Å². The van der Waals surface area contributed by atoms with Gasteiger partial charge in [0.15, 0.2) is 0 Å². The number of amides is 2. The van der Waals surface area contributed by atoms with Gasteiger partial charge in [0.25, 0.3) is 5.91 Å². The Morgan fingerprint density at radius 2 is 1.56 bits per heavy atom. The zero-order chi connectivity index (χ0) is 26.3. The maximum atomic E-state index is 13.2. The van der Waals surface area contributed by atoms with Crippen LogP contribution in [-0.4, -0.2) is 47.0 Å². The molecule has 0 aromatic heterocycles. The normalized spacial score (nSPS) is 21.9. The third kappa shape index (κ3) is 5.29. The van der Waals surface area contributed by atoms with Crippen LogP contribution in [0.25, 0.3) is 0 Å². The summed E-state index contributed by atoms with van der Waals surface area (Å²) in [6.07, 6.45) is -9.59. The smallest absolute Gasteiger partial charge is 0.416 e. The van der Waals surface area contributed by atoms with E-state index in [2.05, 4.69) is 0 Å². The number of halogens is 6. The van der Waals surface area contributed by atoms with Crippen LogP contribution in [0.5, 0.6) is 0 Å². The fourth-order valence-corrected chi connectivity index (χ4v) is 4.75. The molecule has 5 nitrogen and oxygen atoms in total. The summed E-state index contributed by atoms with van der Waals surface area (Å²) in [5, 5.41) is 0. The molecule has 2 fully saturated rings. The number of carbonyl (C=O) groups excluding carboxylic acids is 2. The van der Waals surface area contributed by atoms with Crippen LogP contribution in [-0.2, 0) is 17.1 Å². The molecule has 2 aliphatic rings. The van der Waals surface area contributed by atoms with E-state index < -0.39 is 46.6 Å². The van der Waals surface area contributed by atoms with Crippen LogP contribution in [0, 0.1) is 0 Å². The Bertz CT molecular complexity index is 1100. The van der Waals surface area contributed by atoms with Gasteiger partial charge in [-0.3, -0.25) is 9.69 Å². The van der Waals surface area contributed by atoms with Crippen molar-refractivity contribution in [3.8, 4) is 0 Å². The molecule has 2 aliphatic heterocycles. The second-order valence-corrected chi connectivity index (χ2v) is 9.21. The number of rotatable bonds is 3. The molecule has 2 saturated heterocycles. The summed E-state index contributed by atoms with van der Waals surface area (Å²) in [5.74, 6) is -0.928. The molecule has 1 spiro atoms. The first-order valence-corrected chi connectivity index (χ1v) is 11.4. The molecule has 0 unspecified atom stereocenters. The summed E-state index contributed by atoms with van der Waals surface area (Å²) in [5.41, 5.74) is -3.73. The van der Waals surface area contributed by atoms with E-state index in [1.165, 1.54) is 4.90 Å². The van der Waals surface area contributed by atoms with Crippen molar-refractivity contribution < 1.29 is 40.7 Å². The quantitative estimate of drug-likeness (QED) is 0.452. The summed E-state index contributed by atoms with van der Waals surface area (Å²) in [6, 6.07) is 9.97. The van der Waals surface area contributed by atoms with Gasteiger partial charge in [-0.15, -0.1) is 0 Å². The fourth-order valence-electron chi connectivity index (χ4n) is 4.75. The van der Waals surface area contributed by atoms with Crippen molar-refractivity contribution in [3.63, 3.8) is 0 Å². The van der Waals surface area contributed by atoms with E-state index >= 15 is 0 Å². The molecule has 0 N–H and O–H groups in total. The van der Waals surface area contributed by atoms with Gasteiger partial charge < -0.3 is 9.64 Å². The number of hydrogen-bond donors (Lipinski definition) is 0. The molecule has 2 amide bonds. The highest BCUT2D eigenvalue weighted by Gasteiger charge is 2.48. The standard InChI is InChI=1S/C25H24F6N2O3/c1-16(17-6-3-2-4-7-17)33-15-23(36-22(33)35)8-5-10-32(11-9-23)21(34)18-12-19(24(26,27)28)14-20(13-18)25(29,30)31/h2-4,6-7,12-14,16H,5,8-11,15H2,1H3/t16-,23+/m1/s1. The van der Waals surface area contributed by atoms with E-state index in [-0.39, 0.29) is 38.2 Å². The molecular formula is C25H24F6N2O3. The lowest BCUT2D eigenvalue weighted by molar-refractivity contribution is -0.143. The van der Waals surface area contributed by atoms with E-state index in [1.807, 2.05) is 37.3 Å². The van der Waals surface area contributed by atoms with E-state index in [0.717, 1.165) is 5.56 Å². The Morgan fingerprint density at radius 3 is 2.14 bits per heavy atom. The molecular weight excluding hydrogens is 490 g/mol. The van der Waals surface area contributed by atoms with Gasteiger partial charge in [0.05, 0.1) is 23.7 Å². The fraction of sp³-hybridized carbons (Fsp3) is 0.440. The van der Waals surface area contributed by atoms with E-state index in [9.17, 15) is 35.9 Å². The van der Waals surface area contributed by atoms with Gasteiger partial charge >= 0.3 is 18.4 Å². The van der Waals surface area contributed by atoms with Gasteiger partial charge in [-0.2, -0.15) is 26.3 Å². The minimum atomic E-state index is -5.05. The largest absolute Gasteiger partial charge is 0.441 e. The summed E-state index contributed by atoms with van der Waals surface area (Å²) < 4.78 is 85.1. The van der Waals surface area contributed by atoms with Gasteiger partial charge in [0.1, 0.15) is 5.60 Å². The Labute approximate surface area is 203 Å². The Balaban J connectivity index is 1.52. The van der Waals surface area contributed by atoms with Crippen molar-refractivity contribution in [1.29, 1.82) is 0 Å². The maximum absolute atomic E-state index is 13.2. The van der Waals surface area contributed by atoms with Crippen molar-refractivity contribution in [2.24, 2.45) is 0 Å². The van der Waals surface area contributed by atoms with Gasteiger partial charge in [-0.25, -0.2) is 4.79 Å². The van der Waals surface area contributed by atoms with Crippen LogP contribution in [0.3, 0.4) is 0 Å². The highest BCUT2D eigenvalue weighted by Crippen LogP contribution is 2.39. The number of likely N-dealkylation sites (tertiary alicyclic amines) is 1. The molecule has 4 rings (SSSR count). The molecule has 2 aromatic carbocycles. The van der Waals surface area contributed by atoms with Crippen molar-refractivity contribution in [3.05, 3.63) is 70.8 Å². The van der Waals surface area contributed by atoms with Crippen LogP contribution < -0.4 is 0 Å². The van der Waals surface area contributed by atoms with E-state index in [4.69, 9.17) is 4.74 Å². The van der Waals surface area contributed by atoms with Crippen LogP contribution in [0.2, 0.25) is 0 Å². The first-order valence-electron chi connectivity index (χ1n) is 11.4. The predicted molar refractivity (Wildman–Crippen MR) is 117 cm³/mol. The number of carbonyl (C=O) groups is 2. The van der Waals surface area contributed by atoms with Gasteiger partial charge in [0.2, 0.25) is 0 Å². The average Bonchev–Trinajstić information content (AvgIpc) is 3.01. The molecule has 36 heavy (non-hydrogen) atoms. The van der Waals surface area contributed by atoms with Gasteiger partial charge in [0, 0.05) is 25.1 Å². The molecule has 0 saturated carbocycles. The van der Waals surface area contributed by atoms with Gasteiger partial charge in [-0.05, 0) is 43.5 Å². The summed E-state index contributed by atoms with van der Waals surface area (Å²) >= 11 is 0. The predicted octanol–water partition coefficient (Wildman–Crippen LogP) is 6.30. The SMILES string of the molecule is C[C@H](c1ccccc1)N1C[C@@]2(CCCN(C(=O)c3cc(C(F)(F)F)cc(C(F)(F)F)c3)CC2)OC1=O. The van der Waals surface area contributed by atoms with E-state index in [1.54, 1.807) is 4.90 Å². The third-order valence-corrected chi connectivity index (χ3v) is 6.77. The number of ether oxygens (including phenoxy) is 1. The molecule has 0 bridgehead atoms. The number of nitrogens with zero attached hydrogens (tertiary/aromatic N) is 2. The number of hydrogen-bond acceptors (Lipinski definition) is 3. The molecule has 2 atom stereocenters. The molecule has 0 radical (unpaired) electrons. The zero-order valence-corrected chi connectivity index (χ0v) is 19.3. The van der Waals surface area contributed by atoms with Crippen LogP contribution in [0.1, 0.15) is 59.3 Å². The van der Waals surface area contributed by atoms with Crippen molar-refractivity contribution in [1.82, 2.24) is 9.80 Å². The second kappa shape index (κ2) is 9.33. The highest BCUT2D eigenvalue weighted by atomic mass is 19.4. The molecule has 2 aromatic rings. The average molecular weight is 514 g/mol. The minimum absolute atomic E-state index is 0.00529. The number of benzene rings is 2. The third-order valence-electron chi connectivity index (χ3n) is 6.77. The monoisotopic (exact) mass is 514 g/mol. The van der Waals surface area contributed by atoms with Crippen LogP contribution in [0.15, 0.2) is 48.5 Å². The van der Waals surface area contributed by atoms with Crippen molar-refractivity contribution in [2.45, 2.75) is 50.2 Å². The first-order chi connectivity index (χ1) is 16.8. The van der Waals surface area contributed by atoms with E-state index in [0.29, 0.717) is 25.0 Å². The summed E-state index contributed by atoms with van der Waals surface area (Å²) in [4.78, 5) is 28.5. The molecule has 11 heteroatoms. The zero-order valence-electron chi connectivity index (χ0n) is 19.3. The van der Waals surface area contributed by atoms with Crippen molar-refractivity contribution >= 4 is 12.0 Å². The topological polar surface area (TPSA) is 49.9 Å². The summed E-state index contributed by atoms with van der Waals surface area (Å²) in [6.45, 7) is 2.28. The lowest BCUT2D eigenvalue weighted by atomic mass is 9.94. The first kappa shape index (κ1) is 25.8. The lowest BCUT2D eigenvalue weighted by Gasteiger charge is -2.27. The Kier molecular flexibility index (Phi) is 6.70. The Morgan fingerprint density at radius 1 is 0.944 bits per heavy atom. The maximum Gasteiger partial charge on any atom is 0.416 e. The van der Waals surface area contributed by atoms with Gasteiger partial charge in [-0.1, -0.05) is 30.3 Å². The lowest BCUT2D eigenvalue weighted by Crippen LogP contribution is -2.38. The number of alkyl halides is 6. The molecule has 2 heterocycles. The Hall–Kier alpha value is -3.24. The van der Waals surface area contributed by atoms with Crippen molar-refractivity contribution in [2.75, 3.05) is 19.6 Å². The minimum Gasteiger partial charge on any atom is -0.441 e. The second-order valence-electron chi connectivity index (χ2n) is 9.21. The molecule has 194 valence electrons. The highest BCUT2D eigenvalue weighted by molar-refractivity contribution is 5.94. The summed E-state index contributed by atoms with van der Waals surface area (Å²) in [7, 11) is 0. The van der Waals surface area contributed by atoms with Crippen LogP contribution in [0.4, 0.5) is 31.1 Å². The molecule has 0 aliphatic carbocycles.